The van der Waals surface area contributed by atoms with Gasteiger partial charge < -0.3 is 9.64 Å². The molecule has 1 saturated heterocycles. The first kappa shape index (κ1) is 14.7. The Morgan fingerprint density at radius 1 is 1.40 bits per heavy atom. The van der Waals surface area contributed by atoms with Gasteiger partial charge in [-0.2, -0.15) is 0 Å². The van der Waals surface area contributed by atoms with Crippen LogP contribution in [0.5, 0.6) is 0 Å². The Kier molecular flexibility index (Phi) is 4.89. The minimum absolute atomic E-state index is 0.186. The largest absolute Gasteiger partial charge is 0.464 e. The first-order valence-electron chi connectivity index (χ1n) is 6.60. The highest BCUT2D eigenvalue weighted by Gasteiger charge is 2.34. The summed E-state index contributed by atoms with van der Waals surface area (Å²) in [6.45, 7) is 2.57. The van der Waals surface area contributed by atoms with Crippen molar-refractivity contribution in [3.05, 3.63) is 23.0 Å². The molecule has 2 heterocycles. The molecule has 0 aromatic carbocycles. The number of hydrogen-bond donors (Lipinski definition) is 0. The van der Waals surface area contributed by atoms with E-state index in [9.17, 15) is 9.59 Å². The van der Waals surface area contributed by atoms with Crippen LogP contribution < -0.4 is 0 Å². The minimum Gasteiger partial charge on any atom is -0.464 e. The first-order valence-corrected chi connectivity index (χ1v) is 6.98. The zero-order valence-corrected chi connectivity index (χ0v) is 12.0. The van der Waals surface area contributed by atoms with Crippen LogP contribution in [0.15, 0.2) is 12.1 Å². The van der Waals surface area contributed by atoms with Crippen molar-refractivity contribution in [3.63, 3.8) is 0 Å². The standard InChI is InChI=1S/C13H16ClN3O3/c1-2-20-13(19)10-5-3-4-8-17(10)12(18)9-6-7-11(14)16-15-9/h6-7,10H,2-5,8H2,1H3. The number of carbonyl (C=O) groups is 2. The number of rotatable bonds is 3. The number of carbonyl (C=O) groups excluding carboxylic acids is 2. The van der Waals surface area contributed by atoms with Crippen LogP contribution in [0.2, 0.25) is 5.15 Å². The molecule has 1 aliphatic heterocycles. The molecule has 1 amide bonds. The van der Waals surface area contributed by atoms with Gasteiger partial charge in [-0.05, 0) is 38.3 Å². The first-order chi connectivity index (χ1) is 9.63. The molecule has 1 unspecified atom stereocenters. The third-order valence-corrected chi connectivity index (χ3v) is 3.38. The highest BCUT2D eigenvalue weighted by molar-refractivity contribution is 6.29. The number of amides is 1. The van der Waals surface area contributed by atoms with Crippen molar-refractivity contribution in [2.24, 2.45) is 0 Å². The molecule has 0 N–H and O–H groups in total. The Bertz CT molecular complexity index is 492. The summed E-state index contributed by atoms with van der Waals surface area (Å²) in [5.74, 6) is -0.672. The van der Waals surface area contributed by atoms with E-state index in [0.717, 1.165) is 12.8 Å². The summed E-state index contributed by atoms with van der Waals surface area (Å²) >= 11 is 5.65. The van der Waals surface area contributed by atoms with Crippen LogP contribution in [0.4, 0.5) is 0 Å². The summed E-state index contributed by atoms with van der Waals surface area (Å²) < 4.78 is 5.03. The van der Waals surface area contributed by atoms with Crippen molar-refractivity contribution >= 4 is 23.5 Å². The van der Waals surface area contributed by atoms with Crippen molar-refractivity contribution in [1.82, 2.24) is 15.1 Å². The Morgan fingerprint density at radius 2 is 2.20 bits per heavy atom. The summed E-state index contributed by atoms with van der Waals surface area (Å²) in [5, 5.41) is 7.65. The molecule has 108 valence electrons. The fourth-order valence-corrected chi connectivity index (χ4v) is 2.34. The van der Waals surface area contributed by atoms with Crippen molar-refractivity contribution in [1.29, 1.82) is 0 Å². The molecule has 2 rings (SSSR count). The maximum atomic E-state index is 12.4. The lowest BCUT2D eigenvalue weighted by Crippen LogP contribution is -2.48. The summed E-state index contributed by atoms with van der Waals surface area (Å²) in [6.07, 6.45) is 2.38. The van der Waals surface area contributed by atoms with E-state index in [2.05, 4.69) is 10.2 Å². The lowest BCUT2D eigenvalue weighted by atomic mass is 10.0. The number of ether oxygens (including phenoxy) is 1. The number of esters is 1. The second-order valence-corrected chi connectivity index (χ2v) is 4.89. The van der Waals surface area contributed by atoms with Crippen molar-refractivity contribution in [2.75, 3.05) is 13.2 Å². The summed E-state index contributed by atoms with van der Waals surface area (Å²) in [6, 6.07) is 2.48. The Hall–Kier alpha value is -1.69. The van der Waals surface area contributed by atoms with Crippen LogP contribution in [0.1, 0.15) is 36.7 Å². The van der Waals surface area contributed by atoms with Crippen LogP contribution in [-0.4, -0.2) is 46.2 Å². The molecule has 1 aromatic heterocycles. The highest BCUT2D eigenvalue weighted by atomic mass is 35.5. The van der Waals surface area contributed by atoms with E-state index in [4.69, 9.17) is 16.3 Å². The predicted molar refractivity (Wildman–Crippen MR) is 72.4 cm³/mol. The monoisotopic (exact) mass is 297 g/mol. The second-order valence-electron chi connectivity index (χ2n) is 4.50. The average molecular weight is 298 g/mol. The number of piperidine rings is 1. The van der Waals surface area contributed by atoms with E-state index in [0.29, 0.717) is 19.6 Å². The molecule has 1 aliphatic rings. The molecule has 1 aromatic rings. The van der Waals surface area contributed by atoms with Gasteiger partial charge in [0.15, 0.2) is 10.8 Å². The van der Waals surface area contributed by atoms with Crippen LogP contribution in [0.3, 0.4) is 0 Å². The fraction of sp³-hybridized carbons (Fsp3) is 0.538. The van der Waals surface area contributed by atoms with E-state index in [-0.39, 0.29) is 22.7 Å². The van der Waals surface area contributed by atoms with Crippen molar-refractivity contribution < 1.29 is 14.3 Å². The second kappa shape index (κ2) is 6.65. The number of aromatic nitrogens is 2. The smallest absolute Gasteiger partial charge is 0.328 e. The lowest BCUT2D eigenvalue weighted by Gasteiger charge is -2.33. The Labute approximate surface area is 122 Å². The quantitative estimate of drug-likeness (QED) is 0.794. The van der Waals surface area contributed by atoms with E-state index < -0.39 is 6.04 Å². The molecule has 0 radical (unpaired) electrons. The zero-order chi connectivity index (χ0) is 14.5. The Balaban J connectivity index is 2.16. The normalized spacial score (nSPS) is 18.7. The molecule has 0 spiro atoms. The van der Waals surface area contributed by atoms with Crippen LogP contribution >= 0.6 is 11.6 Å². The fourth-order valence-electron chi connectivity index (χ4n) is 2.24. The van der Waals surface area contributed by atoms with Gasteiger partial charge in [0.2, 0.25) is 0 Å². The molecular weight excluding hydrogens is 282 g/mol. The Morgan fingerprint density at radius 3 is 2.85 bits per heavy atom. The van der Waals surface area contributed by atoms with Gasteiger partial charge in [0.05, 0.1) is 6.61 Å². The van der Waals surface area contributed by atoms with Gasteiger partial charge in [0.1, 0.15) is 6.04 Å². The van der Waals surface area contributed by atoms with E-state index in [1.54, 1.807) is 6.92 Å². The summed E-state index contributed by atoms with van der Waals surface area (Å²) in [7, 11) is 0. The van der Waals surface area contributed by atoms with E-state index in [1.165, 1.54) is 17.0 Å². The number of halogens is 1. The van der Waals surface area contributed by atoms with Gasteiger partial charge >= 0.3 is 5.97 Å². The number of likely N-dealkylation sites (tertiary alicyclic amines) is 1. The molecule has 20 heavy (non-hydrogen) atoms. The van der Waals surface area contributed by atoms with E-state index >= 15 is 0 Å². The maximum absolute atomic E-state index is 12.4. The van der Waals surface area contributed by atoms with Gasteiger partial charge in [-0.25, -0.2) is 4.79 Å². The number of nitrogens with zero attached hydrogens (tertiary/aromatic N) is 3. The van der Waals surface area contributed by atoms with Gasteiger partial charge in [-0.1, -0.05) is 11.6 Å². The third-order valence-electron chi connectivity index (χ3n) is 3.17. The van der Waals surface area contributed by atoms with Gasteiger partial charge in [0, 0.05) is 6.54 Å². The highest BCUT2D eigenvalue weighted by Crippen LogP contribution is 2.20. The van der Waals surface area contributed by atoms with Gasteiger partial charge in [-0.3, -0.25) is 4.79 Å². The van der Waals surface area contributed by atoms with Crippen molar-refractivity contribution in [3.8, 4) is 0 Å². The van der Waals surface area contributed by atoms with Gasteiger partial charge in [0.25, 0.3) is 5.91 Å². The molecule has 0 bridgehead atoms. The predicted octanol–water partition coefficient (Wildman–Crippen LogP) is 1.69. The third kappa shape index (κ3) is 3.25. The maximum Gasteiger partial charge on any atom is 0.328 e. The topological polar surface area (TPSA) is 72.4 Å². The molecule has 1 fully saturated rings. The zero-order valence-electron chi connectivity index (χ0n) is 11.2. The van der Waals surface area contributed by atoms with Crippen molar-refractivity contribution in [2.45, 2.75) is 32.2 Å². The van der Waals surface area contributed by atoms with E-state index in [1.807, 2.05) is 0 Å². The minimum atomic E-state index is -0.534. The lowest BCUT2D eigenvalue weighted by molar-refractivity contribution is -0.149. The molecule has 7 heteroatoms. The number of hydrogen-bond acceptors (Lipinski definition) is 5. The molecule has 0 aliphatic carbocycles. The summed E-state index contributed by atoms with van der Waals surface area (Å²) in [5.41, 5.74) is 0.186. The molecule has 0 saturated carbocycles. The van der Waals surface area contributed by atoms with Crippen LogP contribution in [0.25, 0.3) is 0 Å². The molecule has 1 atom stereocenters. The summed E-state index contributed by atoms with van der Waals surface area (Å²) in [4.78, 5) is 25.8. The molecule has 6 nitrogen and oxygen atoms in total. The van der Waals surface area contributed by atoms with Gasteiger partial charge in [-0.15, -0.1) is 10.2 Å². The molecular formula is C13H16ClN3O3. The van der Waals surface area contributed by atoms with Crippen LogP contribution in [0, 0.1) is 0 Å². The average Bonchev–Trinajstić information content (AvgIpc) is 2.47. The SMILES string of the molecule is CCOC(=O)C1CCCCN1C(=O)c1ccc(Cl)nn1. The van der Waals surface area contributed by atoms with Crippen LogP contribution in [-0.2, 0) is 9.53 Å².